The van der Waals surface area contributed by atoms with Crippen LogP contribution in [0.4, 0.5) is 9.18 Å². The molecule has 0 aromatic carbocycles. The molecule has 3 fully saturated rings. The van der Waals surface area contributed by atoms with Gasteiger partial charge in [-0.1, -0.05) is 20.8 Å². The highest BCUT2D eigenvalue weighted by Crippen LogP contribution is 2.58. The van der Waals surface area contributed by atoms with E-state index in [9.17, 15) is 18.8 Å². The summed E-state index contributed by atoms with van der Waals surface area (Å²) in [5.74, 6) is -1.02. The average molecular weight is 427 g/mol. The summed E-state index contributed by atoms with van der Waals surface area (Å²) >= 11 is 0. The molecule has 1 heterocycles. The van der Waals surface area contributed by atoms with Gasteiger partial charge in [-0.05, 0) is 56.8 Å². The van der Waals surface area contributed by atoms with E-state index in [-0.39, 0.29) is 29.6 Å². The number of hydrogen-bond donors (Lipinski definition) is 1. The van der Waals surface area contributed by atoms with E-state index in [1.807, 2.05) is 20.8 Å². The number of alkyl carbamates (subject to hydrolysis) is 1. The molecule has 0 radical (unpaired) electrons. The Bertz CT molecular complexity index is 713. The van der Waals surface area contributed by atoms with Crippen LogP contribution in [0.3, 0.4) is 0 Å². The molecule has 1 saturated heterocycles. The molecule has 2 aliphatic carbocycles. The van der Waals surface area contributed by atoms with E-state index in [1.54, 1.807) is 20.8 Å². The molecule has 0 spiro atoms. The van der Waals surface area contributed by atoms with Crippen LogP contribution in [0.2, 0.25) is 0 Å². The second kappa shape index (κ2) is 7.68. The lowest BCUT2D eigenvalue weighted by Crippen LogP contribution is -2.58. The molecule has 1 aliphatic heterocycles. The lowest BCUT2D eigenvalue weighted by Gasteiger charge is -2.36. The van der Waals surface area contributed by atoms with Crippen molar-refractivity contribution in [3.8, 4) is 0 Å². The number of alkyl halides is 1. The van der Waals surface area contributed by atoms with Crippen molar-refractivity contribution < 1.29 is 28.2 Å². The van der Waals surface area contributed by atoms with Gasteiger partial charge in [0, 0.05) is 12.5 Å². The Morgan fingerprint density at radius 1 is 1.07 bits per heavy atom. The molecule has 3 rings (SSSR count). The van der Waals surface area contributed by atoms with E-state index in [1.165, 1.54) is 12.0 Å². The van der Waals surface area contributed by atoms with E-state index in [2.05, 4.69) is 5.32 Å². The predicted octanol–water partition coefficient (Wildman–Crippen LogP) is 2.92. The average Bonchev–Trinajstić information content (AvgIpc) is 3.25. The standard InChI is InChI=1S/C22H35FN2O5/c1-21(2,3)17(24-20(28)30-22(4,5)6)18(26)25-10-13-11-8-12(14(23)9-11)15(13)16(25)19(27)29-7/h11-17H,8-10H2,1-7H3,(H,24,28)/t11-,12+,13+,14+,15-,16-,17+/m0/s1. The van der Waals surface area contributed by atoms with E-state index in [0.717, 1.165) is 6.42 Å². The van der Waals surface area contributed by atoms with Crippen LogP contribution >= 0.6 is 0 Å². The zero-order chi connectivity index (χ0) is 22.6. The minimum Gasteiger partial charge on any atom is -0.467 e. The monoisotopic (exact) mass is 426 g/mol. The van der Waals surface area contributed by atoms with Gasteiger partial charge in [-0.3, -0.25) is 4.79 Å². The number of nitrogens with zero attached hydrogens (tertiary/aromatic N) is 1. The van der Waals surface area contributed by atoms with Crippen LogP contribution in [0, 0.1) is 29.1 Å². The maximum absolute atomic E-state index is 14.5. The third-order valence-electron chi connectivity index (χ3n) is 6.77. The molecular formula is C22H35FN2O5. The molecule has 2 bridgehead atoms. The Kier molecular flexibility index (Phi) is 5.84. The summed E-state index contributed by atoms with van der Waals surface area (Å²) in [7, 11) is 1.29. The summed E-state index contributed by atoms with van der Waals surface area (Å²) in [6.45, 7) is 11.2. The van der Waals surface area contributed by atoms with Crippen LogP contribution in [-0.2, 0) is 19.1 Å². The third-order valence-corrected chi connectivity index (χ3v) is 6.77. The molecule has 1 N–H and O–H groups in total. The van der Waals surface area contributed by atoms with Gasteiger partial charge in [0.25, 0.3) is 0 Å². The number of amides is 2. The first-order valence-electron chi connectivity index (χ1n) is 10.8. The summed E-state index contributed by atoms with van der Waals surface area (Å²) in [5.41, 5.74) is -1.32. The Hall–Kier alpha value is -1.86. The van der Waals surface area contributed by atoms with Crippen LogP contribution in [0.1, 0.15) is 54.4 Å². The number of ether oxygens (including phenoxy) is 2. The quantitative estimate of drug-likeness (QED) is 0.702. The number of rotatable bonds is 3. The van der Waals surface area contributed by atoms with E-state index in [4.69, 9.17) is 9.47 Å². The number of carbonyl (C=O) groups is 3. The zero-order valence-corrected chi connectivity index (χ0v) is 19.0. The number of hydrogen-bond acceptors (Lipinski definition) is 5. The lowest BCUT2D eigenvalue weighted by atomic mass is 9.77. The molecule has 170 valence electrons. The first-order chi connectivity index (χ1) is 13.7. The van der Waals surface area contributed by atoms with Crippen molar-refractivity contribution in [2.75, 3.05) is 13.7 Å². The molecule has 30 heavy (non-hydrogen) atoms. The number of halogens is 1. The highest BCUT2D eigenvalue weighted by atomic mass is 19.1. The number of methoxy groups -OCH3 is 1. The summed E-state index contributed by atoms with van der Waals surface area (Å²) < 4.78 is 24.8. The molecule has 8 heteroatoms. The molecule has 2 saturated carbocycles. The van der Waals surface area contributed by atoms with Crippen molar-refractivity contribution in [2.24, 2.45) is 29.1 Å². The highest BCUT2D eigenvalue weighted by Gasteiger charge is 2.63. The van der Waals surface area contributed by atoms with Crippen molar-refractivity contribution >= 4 is 18.0 Å². The number of nitrogens with one attached hydrogen (secondary N) is 1. The third kappa shape index (κ3) is 4.14. The molecule has 7 nitrogen and oxygen atoms in total. The topological polar surface area (TPSA) is 84.9 Å². The van der Waals surface area contributed by atoms with Crippen LogP contribution in [0.25, 0.3) is 0 Å². The van der Waals surface area contributed by atoms with Crippen LogP contribution < -0.4 is 5.32 Å². The smallest absolute Gasteiger partial charge is 0.408 e. The molecule has 0 unspecified atom stereocenters. The second-order valence-electron chi connectivity index (χ2n) is 11.1. The van der Waals surface area contributed by atoms with Crippen LogP contribution in [0.5, 0.6) is 0 Å². The number of fused-ring (bicyclic) bond motifs is 5. The van der Waals surface area contributed by atoms with Gasteiger partial charge in [-0.25, -0.2) is 14.0 Å². The summed E-state index contributed by atoms with van der Waals surface area (Å²) in [4.78, 5) is 40.2. The van der Waals surface area contributed by atoms with E-state index < -0.39 is 41.3 Å². The molecule has 0 aromatic rings. The number of carbonyl (C=O) groups excluding carboxylic acids is 3. The summed E-state index contributed by atoms with van der Waals surface area (Å²) in [5, 5.41) is 2.70. The molecular weight excluding hydrogens is 391 g/mol. The van der Waals surface area contributed by atoms with E-state index >= 15 is 0 Å². The van der Waals surface area contributed by atoms with Gasteiger partial charge >= 0.3 is 12.1 Å². The Morgan fingerprint density at radius 2 is 1.70 bits per heavy atom. The summed E-state index contributed by atoms with van der Waals surface area (Å²) in [6.07, 6.45) is -0.351. The minimum atomic E-state index is -0.934. The normalized spacial score (nSPS) is 33.8. The molecule has 0 aromatic heterocycles. The maximum atomic E-state index is 14.5. The molecule has 2 amide bonds. The number of likely N-dealkylation sites (tertiary alicyclic amines) is 1. The van der Waals surface area contributed by atoms with Crippen molar-refractivity contribution in [1.29, 1.82) is 0 Å². The van der Waals surface area contributed by atoms with Gasteiger partial charge in [-0.2, -0.15) is 0 Å². The van der Waals surface area contributed by atoms with Crippen molar-refractivity contribution in [3.05, 3.63) is 0 Å². The van der Waals surface area contributed by atoms with Crippen molar-refractivity contribution in [2.45, 2.75) is 78.2 Å². The highest BCUT2D eigenvalue weighted by molar-refractivity contribution is 5.91. The first kappa shape index (κ1) is 22.8. The Labute approximate surface area is 178 Å². The molecule has 7 atom stereocenters. The van der Waals surface area contributed by atoms with E-state index in [0.29, 0.717) is 13.0 Å². The van der Waals surface area contributed by atoms with Crippen molar-refractivity contribution in [3.63, 3.8) is 0 Å². The lowest BCUT2D eigenvalue weighted by molar-refractivity contribution is -0.154. The van der Waals surface area contributed by atoms with Gasteiger partial charge in [0.15, 0.2) is 0 Å². The van der Waals surface area contributed by atoms with Gasteiger partial charge in [0.1, 0.15) is 23.9 Å². The number of esters is 1. The fourth-order valence-corrected chi connectivity index (χ4v) is 5.60. The Balaban J connectivity index is 1.86. The fourth-order valence-electron chi connectivity index (χ4n) is 5.60. The largest absolute Gasteiger partial charge is 0.467 e. The first-order valence-corrected chi connectivity index (χ1v) is 10.8. The zero-order valence-electron chi connectivity index (χ0n) is 19.0. The van der Waals surface area contributed by atoms with Gasteiger partial charge in [0.2, 0.25) is 5.91 Å². The van der Waals surface area contributed by atoms with Gasteiger partial charge < -0.3 is 19.7 Å². The minimum absolute atomic E-state index is 0.0946. The maximum Gasteiger partial charge on any atom is 0.408 e. The Morgan fingerprint density at radius 3 is 2.23 bits per heavy atom. The second-order valence-corrected chi connectivity index (χ2v) is 11.1. The predicted molar refractivity (Wildman–Crippen MR) is 108 cm³/mol. The van der Waals surface area contributed by atoms with Crippen molar-refractivity contribution in [1.82, 2.24) is 10.2 Å². The van der Waals surface area contributed by atoms with Gasteiger partial charge in [-0.15, -0.1) is 0 Å². The van der Waals surface area contributed by atoms with Crippen LogP contribution in [0.15, 0.2) is 0 Å². The van der Waals surface area contributed by atoms with Crippen LogP contribution in [-0.4, -0.2) is 60.4 Å². The summed E-state index contributed by atoms with van der Waals surface area (Å²) in [6, 6.07) is -1.71. The fraction of sp³-hybridized carbons (Fsp3) is 0.864. The van der Waals surface area contributed by atoms with Gasteiger partial charge in [0.05, 0.1) is 7.11 Å². The SMILES string of the molecule is COC(=O)[C@@H]1[C@@H]2[C@H](CN1C(=O)[C@@H](NC(=O)OC(C)(C)C)C(C)(C)C)[C@H]1C[C@@H]2[C@H](F)C1. The molecule has 3 aliphatic rings.